The number of rotatable bonds is 3. The maximum Gasteiger partial charge on any atom is 0.277 e. The van der Waals surface area contributed by atoms with E-state index >= 15 is 0 Å². The van der Waals surface area contributed by atoms with Gasteiger partial charge in [0, 0.05) is 12.3 Å². The lowest BCUT2D eigenvalue weighted by Gasteiger charge is -2.05. The van der Waals surface area contributed by atoms with E-state index in [9.17, 15) is 4.79 Å². The Bertz CT molecular complexity index is 878. The highest BCUT2D eigenvalue weighted by molar-refractivity contribution is 6.34. The number of para-hydroxylation sites is 1. The summed E-state index contributed by atoms with van der Waals surface area (Å²) < 4.78 is 1.57. The first kappa shape index (κ1) is 15.5. The Hall–Kier alpha value is -2.44. The number of benzene rings is 1. The molecule has 23 heavy (non-hydrogen) atoms. The molecule has 8 heteroatoms. The van der Waals surface area contributed by atoms with E-state index in [0.29, 0.717) is 22.4 Å². The maximum atomic E-state index is 12.2. The summed E-state index contributed by atoms with van der Waals surface area (Å²) in [5.41, 5.74) is 0.817. The van der Waals surface area contributed by atoms with E-state index in [1.165, 1.54) is 6.20 Å². The molecule has 0 fully saturated rings. The highest BCUT2D eigenvalue weighted by Gasteiger charge is 2.15. The number of carbonyl (C=O) groups is 1. The van der Waals surface area contributed by atoms with Crippen molar-refractivity contribution >= 4 is 34.9 Å². The van der Waals surface area contributed by atoms with Crippen LogP contribution in [0.15, 0.2) is 42.7 Å². The Morgan fingerprint density at radius 2 is 1.96 bits per heavy atom. The van der Waals surface area contributed by atoms with Crippen LogP contribution in [0.3, 0.4) is 0 Å². The zero-order valence-corrected chi connectivity index (χ0v) is 13.5. The van der Waals surface area contributed by atoms with Crippen molar-refractivity contribution in [2.45, 2.75) is 6.92 Å². The first-order valence-electron chi connectivity index (χ1n) is 6.65. The molecule has 3 rings (SSSR count). The van der Waals surface area contributed by atoms with Crippen LogP contribution in [0, 0.1) is 6.92 Å². The van der Waals surface area contributed by atoms with Gasteiger partial charge in [-0.1, -0.05) is 35.3 Å². The van der Waals surface area contributed by atoms with Gasteiger partial charge in [0.1, 0.15) is 5.82 Å². The number of nitrogens with zero attached hydrogens (tertiary/aromatic N) is 4. The number of halogens is 2. The molecule has 2 heterocycles. The van der Waals surface area contributed by atoms with Crippen LogP contribution in [0.5, 0.6) is 0 Å². The molecule has 0 atom stereocenters. The summed E-state index contributed by atoms with van der Waals surface area (Å²) >= 11 is 12.1. The van der Waals surface area contributed by atoms with Gasteiger partial charge in [0.15, 0.2) is 11.5 Å². The summed E-state index contributed by atoms with van der Waals surface area (Å²) in [6.45, 7) is 1.68. The molecule has 116 valence electrons. The summed E-state index contributed by atoms with van der Waals surface area (Å²) in [4.78, 5) is 20.2. The van der Waals surface area contributed by atoms with Crippen LogP contribution in [0.25, 0.3) is 5.69 Å². The van der Waals surface area contributed by atoms with Crippen LogP contribution in [0.4, 0.5) is 5.82 Å². The second-order valence-electron chi connectivity index (χ2n) is 4.66. The van der Waals surface area contributed by atoms with Crippen molar-refractivity contribution in [3.05, 3.63) is 64.3 Å². The monoisotopic (exact) mass is 347 g/mol. The van der Waals surface area contributed by atoms with Gasteiger partial charge in [-0.3, -0.25) is 4.79 Å². The topological polar surface area (TPSA) is 72.7 Å². The molecular formula is C15H11Cl2N5O. The molecule has 0 bridgehead atoms. The van der Waals surface area contributed by atoms with Crippen molar-refractivity contribution in [2.24, 2.45) is 0 Å². The van der Waals surface area contributed by atoms with E-state index in [2.05, 4.69) is 20.4 Å². The smallest absolute Gasteiger partial charge is 0.277 e. The van der Waals surface area contributed by atoms with E-state index in [1.807, 2.05) is 18.2 Å². The molecule has 1 amide bonds. The fourth-order valence-electron chi connectivity index (χ4n) is 1.95. The van der Waals surface area contributed by atoms with Gasteiger partial charge in [-0.25, -0.2) is 14.6 Å². The van der Waals surface area contributed by atoms with Crippen molar-refractivity contribution < 1.29 is 4.79 Å². The Morgan fingerprint density at radius 1 is 1.17 bits per heavy atom. The second kappa shape index (κ2) is 6.36. The van der Waals surface area contributed by atoms with Gasteiger partial charge in [0.25, 0.3) is 5.91 Å². The third-order valence-electron chi connectivity index (χ3n) is 3.01. The van der Waals surface area contributed by atoms with E-state index < -0.39 is 5.91 Å². The number of amides is 1. The Kier molecular flexibility index (Phi) is 4.27. The molecule has 0 saturated carbocycles. The van der Waals surface area contributed by atoms with Crippen LogP contribution >= 0.6 is 23.2 Å². The number of hydrogen-bond donors (Lipinski definition) is 1. The zero-order chi connectivity index (χ0) is 16.4. The Morgan fingerprint density at radius 3 is 2.74 bits per heavy atom. The number of aryl methyl sites for hydroxylation is 1. The molecule has 0 aliphatic heterocycles. The lowest BCUT2D eigenvalue weighted by Crippen LogP contribution is -2.16. The van der Waals surface area contributed by atoms with Crippen LogP contribution < -0.4 is 5.32 Å². The normalized spacial score (nSPS) is 10.6. The molecule has 0 radical (unpaired) electrons. The van der Waals surface area contributed by atoms with Crippen molar-refractivity contribution in [3.8, 4) is 5.69 Å². The highest BCUT2D eigenvalue weighted by Crippen LogP contribution is 2.20. The minimum atomic E-state index is -0.454. The van der Waals surface area contributed by atoms with Crippen LogP contribution in [0.1, 0.15) is 16.3 Å². The number of hydrogen-bond acceptors (Lipinski definition) is 4. The molecule has 2 aromatic heterocycles. The minimum Gasteiger partial charge on any atom is -0.304 e. The fraction of sp³-hybridized carbons (Fsp3) is 0.0667. The lowest BCUT2D eigenvalue weighted by molar-refractivity contribution is 0.102. The van der Waals surface area contributed by atoms with Crippen molar-refractivity contribution in [1.82, 2.24) is 19.7 Å². The number of carbonyl (C=O) groups excluding carboxylic acids is 1. The van der Waals surface area contributed by atoms with Crippen LogP contribution in [0.2, 0.25) is 10.0 Å². The molecule has 0 saturated heterocycles. The molecule has 0 aliphatic carbocycles. The van der Waals surface area contributed by atoms with E-state index in [1.54, 1.807) is 29.9 Å². The molecule has 0 aliphatic rings. The second-order valence-corrected chi connectivity index (χ2v) is 5.48. The fourth-order valence-corrected chi connectivity index (χ4v) is 2.35. The first-order valence-corrected chi connectivity index (χ1v) is 7.41. The quantitative estimate of drug-likeness (QED) is 0.786. The molecular weight excluding hydrogens is 337 g/mol. The van der Waals surface area contributed by atoms with Gasteiger partial charge in [-0.15, -0.1) is 5.10 Å². The number of aromatic nitrogens is 4. The molecule has 0 spiro atoms. The van der Waals surface area contributed by atoms with Gasteiger partial charge in [-0.05, 0) is 19.1 Å². The van der Waals surface area contributed by atoms with Crippen LogP contribution in [-0.4, -0.2) is 25.7 Å². The maximum absolute atomic E-state index is 12.2. The Balaban J connectivity index is 1.83. The van der Waals surface area contributed by atoms with Gasteiger partial charge >= 0.3 is 0 Å². The van der Waals surface area contributed by atoms with E-state index in [4.69, 9.17) is 23.2 Å². The highest BCUT2D eigenvalue weighted by atomic mass is 35.5. The van der Waals surface area contributed by atoms with Crippen molar-refractivity contribution in [2.75, 3.05) is 5.32 Å². The predicted molar refractivity (Wildman–Crippen MR) is 88.3 cm³/mol. The van der Waals surface area contributed by atoms with Crippen molar-refractivity contribution in [1.29, 1.82) is 0 Å². The van der Waals surface area contributed by atoms with Crippen molar-refractivity contribution in [3.63, 3.8) is 0 Å². The van der Waals surface area contributed by atoms with Gasteiger partial charge in [-0.2, -0.15) is 0 Å². The SMILES string of the molecule is Cc1ncc(Cl)c(C(=O)Nc2ccn(-c3ccccc3Cl)n2)n1. The summed E-state index contributed by atoms with van der Waals surface area (Å²) in [7, 11) is 0. The molecule has 3 aromatic rings. The molecule has 1 aromatic carbocycles. The van der Waals surface area contributed by atoms with Gasteiger partial charge in [0.05, 0.1) is 21.9 Å². The first-order chi connectivity index (χ1) is 11.0. The predicted octanol–water partition coefficient (Wildman–Crippen LogP) is 3.53. The third kappa shape index (κ3) is 3.33. The zero-order valence-electron chi connectivity index (χ0n) is 12.0. The average molecular weight is 348 g/mol. The molecule has 0 unspecified atom stereocenters. The number of anilines is 1. The molecule has 1 N–H and O–H groups in total. The van der Waals surface area contributed by atoms with E-state index in [-0.39, 0.29) is 10.7 Å². The summed E-state index contributed by atoms with van der Waals surface area (Å²) in [5, 5.41) is 7.66. The minimum absolute atomic E-state index is 0.103. The van der Waals surface area contributed by atoms with Crippen LogP contribution in [-0.2, 0) is 0 Å². The molecule has 6 nitrogen and oxygen atoms in total. The lowest BCUT2D eigenvalue weighted by atomic mass is 10.3. The number of nitrogens with one attached hydrogen (secondary N) is 1. The van der Waals surface area contributed by atoms with Gasteiger partial charge < -0.3 is 5.32 Å². The van der Waals surface area contributed by atoms with E-state index in [0.717, 1.165) is 0 Å². The summed E-state index contributed by atoms with van der Waals surface area (Å²) in [5.74, 6) is 0.369. The standard InChI is InChI=1S/C15H11Cl2N5O/c1-9-18-8-11(17)14(19-9)15(23)20-13-6-7-22(21-13)12-5-3-2-4-10(12)16/h2-8H,1H3,(H,20,21,23). The average Bonchev–Trinajstić information content (AvgIpc) is 2.98. The Labute approximate surface area is 142 Å². The van der Waals surface area contributed by atoms with Gasteiger partial charge in [0.2, 0.25) is 0 Å². The summed E-state index contributed by atoms with van der Waals surface area (Å²) in [6.07, 6.45) is 3.09. The summed E-state index contributed by atoms with van der Waals surface area (Å²) in [6, 6.07) is 8.93. The largest absolute Gasteiger partial charge is 0.304 e. The third-order valence-corrected chi connectivity index (χ3v) is 3.61.